The summed E-state index contributed by atoms with van der Waals surface area (Å²) in [4.78, 5) is 4.57. The van der Waals surface area contributed by atoms with Gasteiger partial charge in [0.1, 0.15) is 17.3 Å². The average Bonchev–Trinajstić information content (AvgIpc) is 3.03. The molecule has 0 aliphatic heterocycles. The van der Waals surface area contributed by atoms with Crippen molar-refractivity contribution in [2.75, 3.05) is 12.4 Å². The number of fused-ring (bicyclic) bond motifs is 1. The molecule has 3 aromatic rings. The Bertz CT molecular complexity index is 732. The molecule has 0 saturated carbocycles. The lowest BCUT2D eigenvalue weighted by atomic mass is 10.2. The highest BCUT2D eigenvalue weighted by molar-refractivity contribution is 7.22. The fourth-order valence-electron chi connectivity index (χ4n) is 2.04. The molecule has 0 amide bonds. The first-order valence-electron chi connectivity index (χ1n) is 6.43. The summed E-state index contributed by atoms with van der Waals surface area (Å²) in [5.41, 5.74) is 0.973. The number of thiazole rings is 1. The van der Waals surface area contributed by atoms with Crippen molar-refractivity contribution in [3.8, 4) is 5.75 Å². The van der Waals surface area contributed by atoms with E-state index in [9.17, 15) is 0 Å². The Morgan fingerprint density at radius 2 is 2.15 bits per heavy atom. The summed E-state index contributed by atoms with van der Waals surface area (Å²) in [6.45, 7) is 4.01. The van der Waals surface area contributed by atoms with Crippen molar-refractivity contribution in [3.63, 3.8) is 0 Å². The lowest BCUT2D eigenvalue weighted by Crippen LogP contribution is -2.04. The van der Waals surface area contributed by atoms with Gasteiger partial charge in [-0.05, 0) is 44.2 Å². The highest BCUT2D eigenvalue weighted by atomic mass is 32.1. The number of furan rings is 1. The minimum Gasteiger partial charge on any atom is -0.497 e. The van der Waals surface area contributed by atoms with E-state index in [1.165, 1.54) is 0 Å². The molecule has 2 heterocycles. The number of ether oxygens (including phenoxy) is 1. The summed E-state index contributed by atoms with van der Waals surface area (Å²) in [5, 5.41) is 4.26. The van der Waals surface area contributed by atoms with E-state index in [0.717, 1.165) is 32.6 Å². The Labute approximate surface area is 121 Å². The van der Waals surface area contributed by atoms with E-state index in [4.69, 9.17) is 9.15 Å². The van der Waals surface area contributed by atoms with E-state index in [2.05, 4.69) is 17.2 Å². The molecule has 5 heteroatoms. The van der Waals surface area contributed by atoms with Gasteiger partial charge in [-0.2, -0.15) is 0 Å². The van der Waals surface area contributed by atoms with Crippen LogP contribution in [-0.4, -0.2) is 12.1 Å². The number of benzene rings is 1. The zero-order chi connectivity index (χ0) is 14.1. The number of hydrogen-bond donors (Lipinski definition) is 1. The molecule has 1 N–H and O–H groups in total. The van der Waals surface area contributed by atoms with E-state index >= 15 is 0 Å². The third-order valence-corrected chi connectivity index (χ3v) is 4.07. The number of aromatic nitrogens is 1. The van der Waals surface area contributed by atoms with Crippen LogP contribution in [0.3, 0.4) is 0 Å². The predicted octanol–water partition coefficient (Wildman–Crippen LogP) is 4.38. The van der Waals surface area contributed by atoms with Gasteiger partial charge in [0.25, 0.3) is 0 Å². The Morgan fingerprint density at radius 1 is 1.30 bits per heavy atom. The van der Waals surface area contributed by atoms with Gasteiger partial charge in [0.15, 0.2) is 5.13 Å². The first-order valence-corrected chi connectivity index (χ1v) is 7.25. The predicted molar refractivity (Wildman–Crippen MR) is 81.7 cm³/mol. The van der Waals surface area contributed by atoms with E-state index in [-0.39, 0.29) is 6.04 Å². The molecular formula is C15H16N2O2S. The van der Waals surface area contributed by atoms with Crippen LogP contribution in [-0.2, 0) is 0 Å². The molecular weight excluding hydrogens is 272 g/mol. The molecule has 1 atom stereocenters. The third kappa shape index (κ3) is 2.49. The van der Waals surface area contributed by atoms with Gasteiger partial charge in [0, 0.05) is 0 Å². The Balaban J connectivity index is 1.83. The molecule has 0 fully saturated rings. The number of methoxy groups -OCH3 is 1. The Morgan fingerprint density at radius 3 is 2.85 bits per heavy atom. The van der Waals surface area contributed by atoms with Crippen LogP contribution in [0.5, 0.6) is 5.75 Å². The van der Waals surface area contributed by atoms with Crippen LogP contribution in [0, 0.1) is 6.92 Å². The molecule has 20 heavy (non-hydrogen) atoms. The maximum atomic E-state index is 5.62. The summed E-state index contributed by atoms with van der Waals surface area (Å²) in [7, 11) is 1.67. The normalized spacial score (nSPS) is 12.6. The molecule has 3 rings (SSSR count). The molecule has 0 spiro atoms. The minimum atomic E-state index is 0.0890. The zero-order valence-electron chi connectivity index (χ0n) is 11.6. The van der Waals surface area contributed by atoms with Gasteiger partial charge in [0.05, 0.1) is 23.4 Å². The Kier molecular flexibility index (Phi) is 3.36. The molecule has 4 nitrogen and oxygen atoms in total. The van der Waals surface area contributed by atoms with Crippen LogP contribution < -0.4 is 10.1 Å². The highest BCUT2D eigenvalue weighted by Gasteiger charge is 2.12. The SMILES string of the molecule is COc1ccc2nc(NC(C)c3ccc(C)o3)sc2c1. The molecule has 1 aromatic carbocycles. The van der Waals surface area contributed by atoms with E-state index in [1.54, 1.807) is 18.4 Å². The number of aryl methyl sites for hydroxylation is 1. The van der Waals surface area contributed by atoms with Crippen molar-refractivity contribution in [1.29, 1.82) is 0 Å². The molecule has 2 aromatic heterocycles. The number of nitrogens with one attached hydrogen (secondary N) is 1. The van der Waals surface area contributed by atoms with Crippen molar-refractivity contribution >= 4 is 26.7 Å². The fourth-order valence-corrected chi connectivity index (χ4v) is 3.02. The topological polar surface area (TPSA) is 47.3 Å². The van der Waals surface area contributed by atoms with Gasteiger partial charge in [-0.3, -0.25) is 0 Å². The van der Waals surface area contributed by atoms with Crippen LogP contribution in [0.15, 0.2) is 34.7 Å². The van der Waals surface area contributed by atoms with Crippen LogP contribution in [0.4, 0.5) is 5.13 Å². The first-order chi connectivity index (χ1) is 9.65. The van der Waals surface area contributed by atoms with Crippen molar-refractivity contribution in [3.05, 3.63) is 41.9 Å². The smallest absolute Gasteiger partial charge is 0.184 e. The van der Waals surface area contributed by atoms with Crippen LogP contribution in [0.25, 0.3) is 10.2 Å². The monoisotopic (exact) mass is 288 g/mol. The van der Waals surface area contributed by atoms with E-state index in [0.29, 0.717) is 0 Å². The Hall–Kier alpha value is -2.01. The molecule has 1 unspecified atom stereocenters. The van der Waals surface area contributed by atoms with Crippen LogP contribution in [0.1, 0.15) is 24.5 Å². The minimum absolute atomic E-state index is 0.0890. The second kappa shape index (κ2) is 5.17. The lowest BCUT2D eigenvalue weighted by Gasteiger charge is -2.09. The summed E-state index contributed by atoms with van der Waals surface area (Å²) in [6, 6.07) is 9.94. The second-order valence-electron chi connectivity index (χ2n) is 4.67. The number of hydrogen-bond acceptors (Lipinski definition) is 5. The molecule has 0 radical (unpaired) electrons. The van der Waals surface area contributed by atoms with E-state index in [1.807, 2.05) is 37.3 Å². The van der Waals surface area contributed by atoms with Gasteiger partial charge < -0.3 is 14.5 Å². The quantitative estimate of drug-likeness (QED) is 0.774. The molecule has 0 bridgehead atoms. The largest absolute Gasteiger partial charge is 0.497 e. The van der Waals surface area contributed by atoms with Crippen molar-refractivity contribution < 1.29 is 9.15 Å². The maximum absolute atomic E-state index is 5.62. The van der Waals surface area contributed by atoms with Gasteiger partial charge in [-0.1, -0.05) is 11.3 Å². The van der Waals surface area contributed by atoms with Crippen molar-refractivity contribution in [2.45, 2.75) is 19.9 Å². The zero-order valence-corrected chi connectivity index (χ0v) is 12.5. The molecule has 0 aliphatic rings. The number of nitrogens with zero attached hydrogens (tertiary/aromatic N) is 1. The van der Waals surface area contributed by atoms with Crippen molar-refractivity contribution in [2.24, 2.45) is 0 Å². The third-order valence-electron chi connectivity index (χ3n) is 3.12. The van der Waals surface area contributed by atoms with Crippen LogP contribution >= 0.6 is 11.3 Å². The van der Waals surface area contributed by atoms with E-state index < -0.39 is 0 Å². The van der Waals surface area contributed by atoms with Crippen LogP contribution in [0.2, 0.25) is 0 Å². The fraction of sp³-hybridized carbons (Fsp3) is 0.267. The van der Waals surface area contributed by atoms with Gasteiger partial charge in [-0.25, -0.2) is 4.98 Å². The van der Waals surface area contributed by atoms with Gasteiger partial charge in [0.2, 0.25) is 0 Å². The number of anilines is 1. The first kappa shape index (κ1) is 13.0. The average molecular weight is 288 g/mol. The van der Waals surface area contributed by atoms with Gasteiger partial charge >= 0.3 is 0 Å². The molecule has 104 valence electrons. The summed E-state index contributed by atoms with van der Waals surface area (Å²) in [5.74, 6) is 2.68. The lowest BCUT2D eigenvalue weighted by molar-refractivity contribution is 0.415. The summed E-state index contributed by atoms with van der Waals surface area (Å²) < 4.78 is 12.0. The maximum Gasteiger partial charge on any atom is 0.184 e. The number of rotatable bonds is 4. The summed E-state index contributed by atoms with van der Waals surface area (Å²) >= 11 is 1.61. The van der Waals surface area contributed by atoms with Gasteiger partial charge in [-0.15, -0.1) is 0 Å². The molecule has 0 aliphatic carbocycles. The highest BCUT2D eigenvalue weighted by Crippen LogP contribution is 2.31. The standard InChI is InChI=1S/C15H16N2O2S/c1-9-4-7-13(19-9)10(2)16-15-17-12-6-5-11(18-3)8-14(12)20-15/h4-8,10H,1-3H3,(H,16,17). The van der Waals surface area contributed by atoms with Crippen molar-refractivity contribution in [1.82, 2.24) is 4.98 Å². The summed E-state index contributed by atoms with van der Waals surface area (Å²) in [6.07, 6.45) is 0. The molecule has 0 saturated heterocycles. The second-order valence-corrected chi connectivity index (χ2v) is 5.70.